The number of hydrogen-bond acceptors (Lipinski definition) is 11. The monoisotopic (exact) mass is 923 g/mol. The molecule has 16 nitrogen and oxygen atoms in total. The van der Waals surface area contributed by atoms with E-state index < -0.39 is 46.7 Å². The number of likely N-dealkylation sites (tertiary alicyclic amines) is 2. The van der Waals surface area contributed by atoms with Gasteiger partial charge in [-0.1, -0.05) is 33.8 Å². The van der Waals surface area contributed by atoms with Gasteiger partial charge in [0.05, 0.1) is 40.2 Å². The van der Waals surface area contributed by atoms with E-state index in [0.717, 1.165) is 44.7 Å². The van der Waals surface area contributed by atoms with Crippen LogP contribution in [0.25, 0.3) is 33.4 Å². The number of hydrazine groups is 1. The number of rotatable bonds is 8. The van der Waals surface area contributed by atoms with Crippen LogP contribution in [0.2, 0.25) is 0 Å². The number of fused-ring (bicyclic) bond motifs is 6. The fraction of sp³-hybridized carbons (Fsp3) is 0.571. The minimum absolute atomic E-state index is 0.0570. The first-order valence-corrected chi connectivity index (χ1v) is 24.2. The van der Waals surface area contributed by atoms with Crippen molar-refractivity contribution < 1.29 is 33.4 Å². The molecule has 4 aromatic rings. The van der Waals surface area contributed by atoms with Crippen LogP contribution in [0.15, 0.2) is 41.9 Å². The maximum Gasteiger partial charge on any atom is 0.324 e. The lowest BCUT2D eigenvalue weighted by Gasteiger charge is -2.37. The Labute approximate surface area is 391 Å². The highest BCUT2D eigenvalue weighted by atomic mass is 32.1. The molecular weight excluding hydrogens is 859 g/mol. The summed E-state index contributed by atoms with van der Waals surface area (Å²) in [4.78, 5) is 85.0. The summed E-state index contributed by atoms with van der Waals surface area (Å²) in [6.07, 6.45) is 4.48. The molecule has 0 radical (unpaired) electrons. The lowest BCUT2D eigenvalue weighted by atomic mass is 9.84. The van der Waals surface area contributed by atoms with Crippen LogP contribution in [0.1, 0.15) is 89.6 Å². The first-order chi connectivity index (χ1) is 31.5. The number of carbonyl (C=O) groups is 5. The van der Waals surface area contributed by atoms with Crippen LogP contribution < -0.4 is 10.7 Å². The van der Waals surface area contributed by atoms with Gasteiger partial charge in [0.1, 0.15) is 18.1 Å². The van der Waals surface area contributed by atoms with Crippen molar-refractivity contribution in [2.75, 3.05) is 54.0 Å². The maximum atomic E-state index is 14.7. The Morgan fingerprint density at radius 2 is 1.88 bits per heavy atom. The van der Waals surface area contributed by atoms with Gasteiger partial charge < -0.3 is 34.1 Å². The number of pyridine rings is 1. The van der Waals surface area contributed by atoms with E-state index in [-0.39, 0.29) is 37.0 Å². The van der Waals surface area contributed by atoms with Crippen molar-refractivity contribution in [2.24, 2.45) is 16.7 Å². The van der Waals surface area contributed by atoms with Gasteiger partial charge in [0.2, 0.25) is 11.8 Å². The van der Waals surface area contributed by atoms with E-state index in [4.69, 9.17) is 19.4 Å². The molecule has 6 bridgehead atoms. The Morgan fingerprint density at radius 3 is 2.59 bits per heavy atom. The van der Waals surface area contributed by atoms with Gasteiger partial charge in [-0.05, 0) is 81.7 Å². The Hall–Kier alpha value is -5.39. The minimum Gasteiger partial charge on any atom is -0.464 e. The molecule has 5 atom stereocenters. The number of carbonyl (C=O) groups excluding carboxylic acids is 5. The van der Waals surface area contributed by atoms with Crippen LogP contribution in [0, 0.1) is 16.7 Å². The summed E-state index contributed by atoms with van der Waals surface area (Å²) in [5.41, 5.74) is 8.70. The molecule has 2 N–H and O–H groups in total. The standard InChI is InChI=1S/C49H65N9O7S/c1-10-57-38-16-15-31-23-33(38)34(42(57)32-13-11-19-50-40(32)30(4)64-9)25-48(5,6)28-65-45(61)35-14-12-20-58(53-35)44(60)36(24-39-51-37(31)26-66-39)52-43(59)41(29(2)3)55(8)47(63)56-22-18-49(27-56)17-21-54(7)46(49)62/h11,13,15-16,19,23,26,29-30,35-36,41,53H,10,12,14,17-18,20-22,24-25,27-28H2,1-9H3,(H,52,59)/t30-,35-,36-,41?,49-/m0/s1. The van der Waals surface area contributed by atoms with Gasteiger partial charge in [0, 0.05) is 99.4 Å². The number of methoxy groups -OCH3 is 1. The van der Waals surface area contributed by atoms with Crippen LogP contribution >= 0.6 is 11.3 Å². The van der Waals surface area contributed by atoms with Crippen molar-refractivity contribution in [3.63, 3.8) is 0 Å². The molecule has 3 fully saturated rings. The molecule has 17 heteroatoms. The van der Waals surface area contributed by atoms with Crippen LogP contribution in [0.3, 0.4) is 0 Å². The molecule has 3 saturated heterocycles. The van der Waals surface area contributed by atoms with Crippen LogP contribution in [0.4, 0.5) is 4.79 Å². The van der Waals surface area contributed by atoms with Crippen LogP contribution in [0.5, 0.6) is 0 Å². The van der Waals surface area contributed by atoms with Gasteiger partial charge in [-0.15, -0.1) is 11.3 Å². The Bertz CT molecular complexity index is 2520. The summed E-state index contributed by atoms with van der Waals surface area (Å²) in [6, 6.07) is 7.29. The third-order valence-electron chi connectivity index (χ3n) is 14.1. The quantitative estimate of drug-likeness (QED) is 0.205. The molecule has 66 heavy (non-hydrogen) atoms. The second-order valence-corrected chi connectivity index (χ2v) is 20.7. The summed E-state index contributed by atoms with van der Waals surface area (Å²) in [5, 5.41) is 8.13. The third kappa shape index (κ3) is 8.93. The van der Waals surface area contributed by atoms with E-state index in [0.29, 0.717) is 69.8 Å². The van der Waals surface area contributed by atoms with E-state index in [2.05, 4.69) is 60.3 Å². The Morgan fingerprint density at radius 1 is 1.11 bits per heavy atom. The van der Waals surface area contributed by atoms with E-state index in [1.165, 1.54) is 21.2 Å². The summed E-state index contributed by atoms with van der Waals surface area (Å²) < 4.78 is 14.2. The highest BCUT2D eigenvalue weighted by Gasteiger charge is 2.51. The number of urea groups is 1. The first-order valence-electron chi connectivity index (χ1n) is 23.4. The second kappa shape index (κ2) is 18.7. The number of esters is 1. The van der Waals surface area contributed by atoms with Crippen molar-refractivity contribution in [3.05, 3.63) is 58.2 Å². The molecule has 0 saturated carbocycles. The number of ether oxygens (including phenoxy) is 2. The molecule has 1 spiro atoms. The first kappa shape index (κ1) is 47.1. The minimum atomic E-state index is -1.08. The highest BCUT2D eigenvalue weighted by Crippen LogP contribution is 2.43. The lowest BCUT2D eigenvalue weighted by Crippen LogP contribution is -2.62. The molecule has 0 aliphatic carbocycles. The molecular formula is C49H65N9O7S. The smallest absolute Gasteiger partial charge is 0.324 e. The number of benzene rings is 1. The average Bonchev–Trinajstić information content (AvgIpc) is 4.09. The number of amides is 5. The topological polar surface area (TPSA) is 172 Å². The van der Waals surface area contributed by atoms with Crippen molar-refractivity contribution in [1.29, 1.82) is 0 Å². The second-order valence-electron chi connectivity index (χ2n) is 19.8. The van der Waals surface area contributed by atoms with Crippen molar-refractivity contribution >= 4 is 52.0 Å². The average molecular weight is 924 g/mol. The predicted octanol–water partition coefficient (Wildman–Crippen LogP) is 5.83. The van der Waals surface area contributed by atoms with Crippen molar-refractivity contribution in [2.45, 2.75) is 111 Å². The zero-order valence-corrected chi connectivity index (χ0v) is 40.6. The van der Waals surface area contributed by atoms with E-state index >= 15 is 0 Å². The molecule has 1 unspecified atom stereocenters. The number of aromatic nitrogens is 3. The molecule has 8 rings (SSSR count). The van der Waals surface area contributed by atoms with E-state index in [1.807, 2.05) is 32.2 Å². The van der Waals surface area contributed by atoms with Crippen molar-refractivity contribution in [3.8, 4) is 22.5 Å². The van der Waals surface area contributed by atoms with Gasteiger partial charge in [-0.25, -0.2) is 15.2 Å². The SMILES string of the molecule is CCn1c(-c2cccnc2[C@H](C)OC)c2c3cc(ccc31)-c1csc(n1)C[C@H](NC(=O)C(C(C)C)N(C)C(=O)N1CC[C@@]3(CCN(C)C3=O)C1)C(=O)N1CCC[C@H](N1)C(=O)OCC(C)(C)C2. The molecule has 4 aliphatic heterocycles. The summed E-state index contributed by atoms with van der Waals surface area (Å²) >= 11 is 1.41. The zero-order chi connectivity index (χ0) is 47.2. The predicted molar refractivity (Wildman–Crippen MR) is 252 cm³/mol. The van der Waals surface area contributed by atoms with E-state index in [1.54, 1.807) is 37.2 Å². The molecule has 1 aromatic carbocycles. The summed E-state index contributed by atoms with van der Waals surface area (Å²) in [5.74, 6) is -1.61. The molecule has 4 aliphatic rings. The fourth-order valence-corrected chi connectivity index (χ4v) is 11.3. The summed E-state index contributed by atoms with van der Waals surface area (Å²) in [6.45, 7) is 14.6. The number of likely N-dealkylation sites (N-methyl/N-ethyl adjacent to an activating group) is 1. The summed E-state index contributed by atoms with van der Waals surface area (Å²) in [7, 11) is 5.09. The third-order valence-corrected chi connectivity index (χ3v) is 15.0. The van der Waals surface area contributed by atoms with Crippen molar-refractivity contribution in [1.82, 2.24) is 45.0 Å². The lowest BCUT2D eigenvalue weighted by molar-refractivity contribution is -0.155. The van der Waals surface area contributed by atoms with Gasteiger partial charge >= 0.3 is 12.0 Å². The molecule has 5 amide bonds. The molecule has 7 heterocycles. The van der Waals surface area contributed by atoms with Gasteiger partial charge in [-0.2, -0.15) is 0 Å². The van der Waals surface area contributed by atoms with Gasteiger partial charge in [0.25, 0.3) is 5.91 Å². The molecule has 3 aromatic heterocycles. The molecule has 354 valence electrons. The number of cyclic esters (lactones) is 1. The normalized spacial score (nSPS) is 23.4. The zero-order valence-electron chi connectivity index (χ0n) is 39.8. The largest absolute Gasteiger partial charge is 0.464 e. The number of aryl methyl sites for hydroxylation is 1. The Balaban J connectivity index is 1.15. The fourth-order valence-electron chi connectivity index (χ4n) is 10.5. The van der Waals surface area contributed by atoms with E-state index in [9.17, 15) is 24.0 Å². The van der Waals surface area contributed by atoms with Gasteiger partial charge in [-0.3, -0.25) is 29.2 Å². The number of thiazole rings is 1. The van der Waals surface area contributed by atoms with Crippen LogP contribution in [-0.2, 0) is 48.0 Å². The van der Waals surface area contributed by atoms with Crippen LogP contribution in [-0.4, -0.2) is 136 Å². The Kier molecular flexibility index (Phi) is 13.4. The van der Waals surface area contributed by atoms with Gasteiger partial charge in [0.15, 0.2) is 0 Å². The highest BCUT2D eigenvalue weighted by molar-refractivity contribution is 7.10. The maximum absolute atomic E-state index is 14.7. The number of hydrogen-bond donors (Lipinski definition) is 2. The number of nitrogens with one attached hydrogen (secondary N) is 2. The number of nitrogens with zero attached hydrogens (tertiary/aromatic N) is 7.